The molecule has 0 fully saturated rings. The number of unbranched alkanes of at least 4 members (excludes halogenated alkanes) is 1. The van der Waals surface area contributed by atoms with Crippen molar-refractivity contribution < 1.29 is 24.2 Å². The van der Waals surface area contributed by atoms with Crippen molar-refractivity contribution in [3.8, 4) is 0 Å². The summed E-state index contributed by atoms with van der Waals surface area (Å²) in [6, 6.07) is 20.4. The van der Waals surface area contributed by atoms with Gasteiger partial charge < -0.3 is 25.8 Å². The maximum Gasteiger partial charge on any atom is 0.305 e. The van der Waals surface area contributed by atoms with Crippen LogP contribution >= 0.6 is 15.9 Å². The Bertz CT molecular complexity index is 1200. The summed E-state index contributed by atoms with van der Waals surface area (Å²) < 4.78 is 6.53. The van der Waals surface area contributed by atoms with Crippen molar-refractivity contribution in [1.82, 2.24) is 15.6 Å². The molecule has 0 aliphatic rings. The largest absolute Gasteiger partial charge is 0.481 e. The third kappa shape index (κ3) is 11.3. The third-order valence-electron chi connectivity index (χ3n) is 5.80. The summed E-state index contributed by atoms with van der Waals surface area (Å²) in [4.78, 5) is 41.7. The van der Waals surface area contributed by atoms with E-state index in [1.807, 2.05) is 54.6 Å². The second-order valence-electron chi connectivity index (χ2n) is 8.93. The van der Waals surface area contributed by atoms with Crippen LogP contribution < -0.4 is 16.0 Å². The van der Waals surface area contributed by atoms with Crippen LogP contribution in [-0.2, 0) is 25.7 Å². The van der Waals surface area contributed by atoms with E-state index in [4.69, 9.17) is 4.74 Å². The lowest BCUT2D eigenvalue weighted by molar-refractivity contribution is -0.138. The molecule has 0 spiro atoms. The minimum atomic E-state index is -1.06. The molecule has 2 aromatic carbocycles. The number of nitrogens with one attached hydrogen (secondary N) is 3. The first-order valence-electron chi connectivity index (χ1n) is 12.7. The van der Waals surface area contributed by atoms with Crippen molar-refractivity contribution in [3.05, 3.63) is 94.6 Å². The molecule has 206 valence electrons. The number of halogens is 1. The van der Waals surface area contributed by atoms with Crippen LogP contribution in [0, 0.1) is 0 Å². The Labute approximate surface area is 236 Å². The zero-order valence-corrected chi connectivity index (χ0v) is 23.1. The lowest BCUT2D eigenvalue weighted by atomic mass is 10.0. The normalized spacial score (nSPS) is 12.2. The Morgan fingerprint density at radius 2 is 1.74 bits per heavy atom. The summed E-state index contributed by atoms with van der Waals surface area (Å²) >= 11 is 3.38. The predicted molar refractivity (Wildman–Crippen MR) is 152 cm³/mol. The van der Waals surface area contributed by atoms with Crippen molar-refractivity contribution in [2.45, 2.75) is 44.4 Å². The van der Waals surface area contributed by atoms with Gasteiger partial charge in [-0.1, -0.05) is 64.5 Å². The first kappa shape index (κ1) is 29.8. The molecular weight excluding hydrogens is 564 g/mol. The molecule has 0 aliphatic carbocycles. The van der Waals surface area contributed by atoms with Gasteiger partial charge in [0.05, 0.1) is 25.7 Å². The summed E-state index contributed by atoms with van der Waals surface area (Å²) in [5.41, 5.74) is 1.57. The van der Waals surface area contributed by atoms with Gasteiger partial charge in [0.1, 0.15) is 11.9 Å². The molecule has 39 heavy (non-hydrogen) atoms. The van der Waals surface area contributed by atoms with Crippen LogP contribution in [0.15, 0.2) is 83.5 Å². The van der Waals surface area contributed by atoms with Crippen molar-refractivity contribution in [2.75, 3.05) is 18.5 Å². The minimum Gasteiger partial charge on any atom is -0.481 e. The minimum absolute atomic E-state index is 0.0635. The fourth-order valence-electron chi connectivity index (χ4n) is 3.84. The first-order chi connectivity index (χ1) is 18.9. The Morgan fingerprint density at radius 3 is 2.46 bits per heavy atom. The summed E-state index contributed by atoms with van der Waals surface area (Å²) in [5.74, 6) is -1.08. The monoisotopic (exact) mass is 596 g/mol. The molecule has 0 saturated carbocycles. The van der Waals surface area contributed by atoms with E-state index in [2.05, 4.69) is 36.9 Å². The van der Waals surface area contributed by atoms with E-state index in [0.717, 1.165) is 22.3 Å². The number of ether oxygens (including phenoxy) is 1. The summed E-state index contributed by atoms with van der Waals surface area (Å²) in [6.07, 6.45) is 2.99. The molecule has 4 N–H and O–H groups in total. The smallest absolute Gasteiger partial charge is 0.305 e. The number of anilines is 1. The molecule has 9 nitrogen and oxygen atoms in total. The fourth-order valence-corrected chi connectivity index (χ4v) is 4.25. The maximum absolute atomic E-state index is 13.3. The highest BCUT2D eigenvalue weighted by Gasteiger charge is 2.26. The highest BCUT2D eigenvalue weighted by atomic mass is 79.9. The number of nitrogens with zero attached hydrogens (tertiary/aromatic N) is 1. The molecule has 0 radical (unpaired) electrons. The fraction of sp³-hybridized carbons (Fsp3) is 0.310. The van der Waals surface area contributed by atoms with Crippen LogP contribution in [0.5, 0.6) is 0 Å². The molecule has 0 aliphatic heterocycles. The number of pyridine rings is 1. The van der Waals surface area contributed by atoms with Gasteiger partial charge in [0.15, 0.2) is 0 Å². The van der Waals surface area contributed by atoms with Gasteiger partial charge in [0, 0.05) is 23.6 Å². The Morgan fingerprint density at radius 1 is 0.949 bits per heavy atom. The van der Waals surface area contributed by atoms with Crippen LogP contribution in [0.2, 0.25) is 0 Å². The quantitative estimate of drug-likeness (QED) is 0.180. The average Bonchev–Trinajstić information content (AvgIpc) is 2.93. The number of carboxylic acids is 1. The van der Waals surface area contributed by atoms with Crippen molar-refractivity contribution >= 4 is 39.5 Å². The number of hydrogen-bond acceptors (Lipinski definition) is 6. The van der Waals surface area contributed by atoms with E-state index in [1.54, 1.807) is 24.4 Å². The Balaban J connectivity index is 1.58. The second kappa shape index (κ2) is 16.3. The number of hydrogen-bond donors (Lipinski definition) is 4. The van der Waals surface area contributed by atoms with Gasteiger partial charge in [-0.05, 0) is 48.2 Å². The van der Waals surface area contributed by atoms with Crippen molar-refractivity contribution in [3.63, 3.8) is 0 Å². The van der Waals surface area contributed by atoms with Crippen LogP contribution in [0.25, 0.3) is 0 Å². The molecule has 2 atom stereocenters. The van der Waals surface area contributed by atoms with E-state index >= 15 is 0 Å². The Hall–Kier alpha value is -3.76. The Kier molecular flexibility index (Phi) is 12.4. The van der Waals surface area contributed by atoms with Gasteiger partial charge in [-0.2, -0.15) is 0 Å². The van der Waals surface area contributed by atoms with Crippen molar-refractivity contribution in [1.29, 1.82) is 0 Å². The SMILES string of the molecule is O=C(O)CC(NC(=O)C(COCc1ccccc1)NC(=O)CCCCNc1ccccn1)c1cccc(Br)c1. The highest BCUT2D eigenvalue weighted by molar-refractivity contribution is 9.10. The summed E-state index contributed by atoms with van der Waals surface area (Å²) in [6.45, 7) is 0.869. The van der Waals surface area contributed by atoms with E-state index in [1.165, 1.54) is 0 Å². The van der Waals surface area contributed by atoms with Crippen LogP contribution in [-0.4, -0.2) is 47.1 Å². The van der Waals surface area contributed by atoms with E-state index < -0.39 is 24.0 Å². The molecule has 1 heterocycles. The molecule has 10 heteroatoms. The predicted octanol–water partition coefficient (Wildman–Crippen LogP) is 4.46. The average molecular weight is 598 g/mol. The standard InChI is InChI=1S/C29H33BrN4O5/c30-23-12-8-11-22(17-23)24(18-28(36)37)34-29(38)25(20-39-19-21-9-2-1-3-10-21)33-27(35)14-5-7-16-32-26-13-4-6-15-31-26/h1-4,6,8-13,15,17,24-25H,5,7,14,16,18-20H2,(H,31,32)(H,33,35)(H,34,38)(H,36,37). The summed E-state index contributed by atoms with van der Waals surface area (Å²) in [5, 5.41) is 18.2. The molecule has 2 amide bonds. The van der Waals surface area contributed by atoms with E-state index in [9.17, 15) is 19.5 Å². The van der Waals surface area contributed by atoms with Crippen LogP contribution in [0.1, 0.15) is 42.9 Å². The molecule has 0 bridgehead atoms. The number of aromatic nitrogens is 1. The number of carbonyl (C=O) groups is 3. The zero-order valence-electron chi connectivity index (χ0n) is 21.5. The van der Waals surface area contributed by atoms with Crippen LogP contribution in [0.4, 0.5) is 5.82 Å². The lowest BCUT2D eigenvalue weighted by Crippen LogP contribution is -2.50. The van der Waals surface area contributed by atoms with Crippen LogP contribution in [0.3, 0.4) is 0 Å². The number of rotatable bonds is 16. The molecule has 0 saturated heterocycles. The van der Waals surface area contributed by atoms with E-state index in [0.29, 0.717) is 18.5 Å². The molecule has 2 unspecified atom stereocenters. The molecular formula is C29H33BrN4O5. The zero-order chi connectivity index (χ0) is 27.9. The maximum atomic E-state index is 13.3. The van der Waals surface area contributed by atoms with Gasteiger partial charge in [-0.25, -0.2) is 4.98 Å². The van der Waals surface area contributed by atoms with E-state index in [-0.39, 0.29) is 32.0 Å². The van der Waals surface area contributed by atoms with Gasteiger partial charge in [-0.3, -0.25) is 14.4 Å². The molecule has 3 rings (SSSR count). The number of aliphatic carboxylic acids is 1. The second-order valence-corrected chi connectivity index (χ2v) is 9.85. The van der Waals surface area contributed by atoms with Gasteiger partial charge in [0.2, 0.25) is 11.8 Å². The van der Waals surface area contributed by atoms with Gasteiger partial charge in [-0.15, -0.1) is 0 Å². The number of carboxylic acid groups (broad SMARTS) is 1. The molecule has 3 aromatic rings. The number of benzene rings is 2. The van der Waals surface area contributed by atoms with Gasteiger partial charge in [0.25, 0.3) is 0 Å². The molecule has 1 aromatic heterocycles. The first-order valence-corrected chi connectivity index (χ1v) is 13.5. The van der Waals surface area contributed by atoms with Crippen molar-refractivity contribution in [2.24, 2.45) is 0 Å². The highest BCUT2D eigenvalue weighted by Crippen LogP contribution is 2.21. The third-order valence-corrected chi connectivity index (χ3v) is 6.29. The van der Waals surface area contributed by atoms with Gasteiger partial charge >= 0.3 is 5.97 Å². The number of amides is 2. The lowest BCUT2D eigenvalue weighted by Gasteiger charge is -2.23. The summed E-state index contributed by atoms with van der Waals surface area (Å²) in [7, 11) is 0. The topological polar surface area (TPSA) is 130 Å². The number of carbonyl (C=O) groups excluding carboxylic acids is 2.